The van der Waals surface area contributed by atoms with Gasteiger partial charge >= 0.3 is 5.97 Å². The van der Waals surface area contributed by atoms with Crippen LogP contribution in [0.2, 0.25) is 0 Å². The Balaban J connectivity index is 2.75. The smallest absolute Gasteiger partial charge is 0.313 e. The Morgan fingerprint density at radius 3 is 2.92 bits per heavy atom. The van der Waals surface area contributed by atoms with E-state index in [4.69, 9.17) is 5.11 Å². The van der Waals surface area contributed by atoms with Crippen molar-refractivity contribution < 1.29 is 9.90 Å². The fourth-order valence-corrected chi connectivity index (χ4v) is 2.35. The van der Waals surface area contributed by atoms with Gasteiger partial charge in [0.15, 0.2) is 0 Å². The van der Waals surface area contributed by atoms with Crippen LogP contribution in [0.25, 0.3) is 0 Å². The summed E-state index contributed by atoms with van der Waals surface area (Å²) in [4.78, 5) is 15.1. The van der Waals surface area contributed by atoms with Gasteiger partial charge < -0.3 is 5.11 Å². The Morgan fingerprint density at radius 2 is 2.31 bits per heavy atom. The molecular weight excluding hydrogens is 322 g/mol. The highest BCUT2D eigenvalue weighted by molar-refractivity contribution is 9.11. The minimum atomic E-state index is -0.836. The molecule has 0 aromatic carbocycles. The van der Waals surface area contributed by atoms with Gasteiger partial charge in [0.05, 0.1) is 5.75 Å². The second-order valence-corrected chi connectivity index (χ2v) is 4.81. The second-order valence-electron chi connectivity index (χ2n) is 2.12. The van der Waals surface area contributed by atoms with Crippen LogP contribution in [0.4, 0.5) is 0 Å². The number of rotatable bonds is 3. The minimum Gasteiger partial charge on any atom is -0.481 e. The average molecular weight is 327 g/mol. The van der Waals surface area contributed by atoms with E-state index in [1.807, 2.05) is 6.07 Å². The molecule has 13 heavy (non-hydrogen) atoms. The van der Waals surface area contributed by atoms with E-state index in [-0.39, 0.29) is 5.75 Å². The van der Waals surface area contributed by atoms with Crippen molar-refractivity contribution in [3.8, 4) is 0 Å². The van der Waals surface area contributed by atoms with E-state index in [2.05, 4.69) is 36.8 Å². The highest BCUT2D eigenvalue weighted by Gasteiger charge is 2.05. The summed E-state index contributed by atoms with van der Waals surface area (Å²) in [6.45, 7) is 0. The molecule has 0 saturated carbocycles. The molecule has 1 aromatic rings. The predicted molar refractivity (Wildman–Crippen MR) is 58.0 cm³/mol. The lowest BCUT2D eigenvalue weighted by atomic mass is 10.5. The molecule has 0 bridgehead atoms. The number of hydrogen-bond donors (Lipinski definition) is 1. The van der Waals surface area contributed by atoms with E-state index in [1.54, 1.807) is 6.20 Å². The van der Waals surface area contributed by atoms with Crippen molar-refractivity contribution in [2.24, 2.45) is 0 Å². The highest BCUT2D eigenvalue weighted by atomic mass is 79.9. The Hall–Kier alpha value is -0.0700. The third-order valence-electron chi connectivity index (χ3n) is 1.12. The third-order valence-corrected chi connectivity index (χ3v) is 3.47. The molecule has 0 radical (unpaired) electrons. The Morgan fingerprint density at radius 1 is 1.62 bits per heavy atom. The molecule has 1 N–H and O–H groups in total. The number of aromatic nitrogens is 1. The van der Waals surface area contributed by atoms with Gasteiger partial charge in [-0.2, -0.15) is 0 Å². The fourth-order valence-electron chi connectivity index (χ4n) is 0.645. The molecule has 0 unspecified atom stereocenters. The average Bonchev–Trinajstić information content (AvgIpc) is 2.06. The molecule has 1 aromatic heterocycles. The maximum Gasteiger partial charge on any atom is 0.313 e. The standard InChI is InChI=1S/C7H5Br2NO2S/c8-4-1-5(7(9)10-2-4)13-3-6(11)12/h1-2H,3H2,(H,11,12). The summed E-state index contributed by atoms with van der Waals surface area (Å²) in [5.41, 5.74) is 0. The van der Waals surface area contributed by atoms with Gasteiger partial charge in [-0.25, -0.2) is 4.98 Å². The summed E-state index contributed by atoms with van der Waals surface area (Å²) in [7, 11) is 0. The highest BCUT2D eigenvalue weighted by Crippen LogP contribution is 2.27. The van der Waals surface area contributed by atoms with E-state index in [0.29, 0.717) is 4.60 Å². The molecule has 1 heterocycles. The first-order valence-corrected chi connectivity index (χ1v) is 5.82. The van der Waals surface area contributed by atoms with Gasteiger partial charge in [0.2, 0.25) is 0 Å². The number of nitrogens with zero attached hydrogens (tertiary/aromatic N) is 1. The van der Waals surface area contributed by atoms with E-state index in [0.717, 1.165) is 9.37 Å². The van der Waals surface area contributed by atoms with Gasteiger partial charge in [-0.3, -0.25) is 4.79 Å². The number of hydrogen-bond acceptors (Lipinski definition) is 3. The SMILES string of the molecule is O=C(O)CSc1cc(Br)cnc1Br. The molecule has 6 heteroatoms. The molecule has 0 aliphatic heterocycles. The van der Waals surface area contributed by atoms with E-state index in [9.17, 15) is 4.79 Å². The first-order valence-electron chi connectivity index (χ1n) is 3.25. The first-order chi connectivity index (χ1) is 6.09. The zero-order valence-electron chi connectivity index (χ0n) is 6.33. The lowest BCUT2D eigenvalue weighted by molar-refractivity contribution is -0.133. The van der Waals surface area contributed by atoms with Crippen LogP contribution in [0.5, 0.6) is 0 Å². The Bertz CT molecular complexity index is 332. The number of thioether (sulfide) groups is 1. The molecule has 0 amide bonds. The van der Waals surface area contributed by atoms with Crippen molar-refractivity contribution in [3.63, 3.8) is 0 Å². The second kappa shape index (κ2) is 4.97. The van der Waals surface area contributed by atoms with Crippen LogP contribution in [0.1, 0.15) is 0 Å². The molecule has 0 aliphatic carbocycles. The zero-order valence-corrected chi connectivity index (χ0v) is 10.3. The number of pyridine rings is 1. The van der Waals surface area contributed by atoms with Crippen molar-refractivity contribution in [1.82, 2.24) is 4.98 Å². The summed E-state index contributed by atoms with van der Waals surface area (Å²) in [5, 5.41) is 8.47. The van der Waals surface area contributed by atoms with Crippen LogP contribution in [-0.2, 0) is 4.79 Å². The van der Waals surface area contributed by atoms with Gasteiger partial charge in [0.25, 0.3) is 0 Å². The molecule has 1 rings (SSSR count). The molecule has 0 atom stereocenters. The summed E-state index contributed by atoms with van der Waals surface area (Å²) >= 11 is 7.72. The summed E-state index contributed by atoms with van der Waals surface area (Å²) in [6, 6.07) is 1.82. The van der Waals surface area contributed by atoms with Crippen molar-refractivity contribution in [1.29, 1.82) is 0 Å². The molecular formula is C7H5Br2NO2S. The number of aliphatic carboxylic acids is 1. The molecule has 0 saturated heterocycles. The van der Waals surface area contributed by atoms with Gasteiger partial charge in [0, 0.05) is 15.6 Å². The molecule has 3 nitrogen and oxygen atoms in total. The first kappa shape index (κ1) is 11.0. The lowest BCUT2D eigenvalue weighted by Crippen LogP contribution is -1.97. The van der Waals surface area contributed by atoms with E-state index in [1.165, 1.54) is 11.8 Å². The quantitative estimate of drug-likeness (QED) is 0.685. The summed E-state index contributed by atoms with van der Waals surface area (Å²) < 4.78 is 1.51. The van der Waals surface area contributed by atoms with Crippen molar-refractivity contribution >= 4 is 49.6 Å². The number of carboxylic acids is 1. The molecule has 0 fully saturated rings. The van der Waals surface area contributed by atoms with Gasteiger partial charge in [0.1, 0.15) is 4.60 Å². The van der Waals surface area contributed by atoms with Crippen molar-refractivity contribution in [3.05, 3.63) is 21.3 Å². The van der Waals surface area contributed by atoms with Crippen LogP contribution in [0.15, 0.2) is 26.2 Å². The topological polar surface area (TPSA) is 50.2 Å². The van der Waals surface area contributed by atoms with Crippen LogP contribution in [0, 0.1) is 0 Å². The third kappa shape index (κ3) is 3.66. The fraction of sp³-hybridized carbons (Fsp3) is 0.143. The van der Waals surface area contributed by atoms with Crippen LogP contribution < -0.4 is 0 Å². The minimum absolute atomic E-state index is 0.0384. The monoisotopic (exact) mass is 325 g/mol. The van der Waals surface area contributed by atoms with E-state index < -0.39 is 5.97 Å². The van der Waals surface area contributed by atoms with E-state index >= 15 is 0 Å². The van der Waals surface area contributed by atoms with Gasteiger partial charge in [-0.15, -0.1) is 11.8 Å². The number of carboxylic acid groups (broad SMARTS) is 1. The van der Waals surface area contributed by atoms with Crippen LogP contribution in [-0.4, -0.2) is 21.8 Å². The predicted octanol–water partition coefficient (Wildman–Crippen LogP) is 2.78. The number of halogens is 2. The zero-order chi connectivity index (χ0) is 9.84. The largest absolute Gasteiger partial charge is 0.481 e. The summed E-state index contributed by atoms with van der Waals surface area (Å²) in [5.74, 6) is -0.798. The molecule has 0 aliphatic rings. The summed E-state index contributed by atoms with van der Waals surface area (Å²) in [6.07, 6.45) is 1.65. The Kier molecular flexibility index (Phi) is 4.21. The number of carbonyl (C=O) groups is 1. The van der Waals surface area contributed by atoms with Crippen LogP contribution >= 0.6 is 43.6 Å². The van der Waals surface area contributed by atoms with Crippen molar-refractivity contribution in [2.75, 3.05) is 5.75 Å². The maximum absolute atomic E-state index is 10.3. The van der Waals surface area contributed by atoms with Crippen LogP contribution in [0.3, 0.4) is 0 Å². The van der Waals surface area contributed by atoms with Gasteiger partial charge in [-0.1, -0.05) is 0 Å². The maximum atomic E-state index is 10.3. The molecule has 70 valence electrons. The normalized spacial score (nSPS) is 10.0. The molecule has 0 spiro atoms. The van der Waals surface area contributed by atoms with Gasteiger partial charge in [-0.05, 0) is 37.9 Å². The lowest BCUT2D eigenvalue weighted by Gasteiger charge is -2.01. The Labute approximate surface area is 96.2 Å². The van der Waals surface area contributed by atoms with Crippen molar-refractivity contribution in [2.45, 2.75) is 4.90 Å².